The molecule has 0 spiro atoms. The molecule has 0 bridgehead atoms. The van der Waals surface area contributed by atoms with Gasteiger partial charge in [-0.1, -0.05) is 19.8 Å². The summed E-state index contributed by atoms with van der Waals surface area (Å²) < 4.78 is 28.1. The summed E-state index contributed by atoms with van der Waals surface area (Å²) in [6, 6.07) is 2.69. The van der Waals surface area contributed by atoms with Gasteiger partial charge in [0.1, 0.15) is 11.6 Å². The first kappa shape index (κ1) is 14.9. The van der Waals surface area contributed by atoms with E-state index in [0.29, 0.717) is 10.4 Å². The van der Waals surface area contributed by atoms with Crippen molar-refractivity contribution in [1.29, 1.82) is 0 Å². The van der Waals surface area contributed by atoms with Crippen molar-refractivity contribution in [2.45, 2.75) is 51.0 Å². The molecule has 0 saturated heterocycles. The van der Waals surface area contributed by atoms with Gasteiger partial charge in [-0.3, -0.25) is 0 Å². The maximum Gasteiger partial charge on any atom is 0.143 e. The fraction of sp³-hybridized carbons (Fsp3) is 0.600. The van der Waals surface area contributed by atoms with Crippen molar-refractivity contribution in [2.75, 3.05) is 0 Å². The Labute approximate surface area is 121 Å². The van der Waals surface area contributed by atoms with Gasteiger partial charge in [0, 0.05) is 11.1 Å². The molecule has 0 amide bonds. The van der Waals surface area contributed by atoms with Gasteiger partial charge >= 0.3 is 0 Å². The lowest BCUT2D eigenvalue weighted by molar-refractivity contribution is 0.352. The van der Waals surface area contributed by atoms with Crippen LogP contribution in [0.15, 0.2) is 16.6 Å². The summed E-state index contributed by atoms with van der Waals surface area (Å²) >= 11 is 3.11. The Kier molecular flexibility index (Phi) is 4.62. The van der Waals surface area contributed by atoms with Crippen LogP contribution in [-0.2, 0) is 6.42 Å². The SMILES string of the molecule is CC1CCCC(N)(Cc2c(F)ccc(Br)c2F)CC1. The quantitative estimate of drug-likeness (QED) is 0.623. The van der Waals surface area contributed by atoms with Crippen molar-refractivity contribution >= 4 is 15.9 Å². The van der Waals surface area contributed by atoms with Crippen molar-refractivity contribution in [2.24, 2.45) is 11.7 Å². The average Bonchev–Trinajstić information content (AvgIpc) is 2.53. The van der Waals surface area contributed by atoms with Crippen LogP contribution in [0.1, 0.15) is 44.6 Å². The van der Waals surface area contributed by atoms with Crippen LogP contribution < -0.4 is 5.73 Å². The molecular weight excluding hydrogens is 312 g/mol. The smallest absolute Gasteiger partial charge is 0.143 e. The lowest BCUT2D eigenvalue weighted by Crippen LogP contribution is -2.42. The average molecular weight is 332 g/mol. The lowest BCUT2D eigenvalue weighted by Gasteiger charge is -2.28. The van der Waals surface area contributed by atoms with E-state index in [1.165, 1.54) is 12.1 Å². The van der Waals surface area contributed by atoms with Crippen LogP contribution in [0, 0.1) is 17.6 Å². The van der Waals surface area contributed by atoms with Crippen LogP contribution in [0.25, 0.3) is 0 Å². The highest BCUT2D eigenvalue weighted by Gasteiger charge is 2.30. The second kappa shape index (κ2) is 5.88. The second-order valence-corrected chi connectivity index (χ2v) is 6.75. The summed E-state index contributed by atoms with van der Waals surface area (Å²) in [6.07, 6.45) is 5.17. The zero-order valence-electron chi connectivity index (χ0n) is 11.2. The molecule has 2 N–H and O–H groups in total. The highest BCUT2D eigenvalue weighted by Crippen LogP contribution is 2.33. The van der Waals surface area contributed by atoms with Gasteiger partial charge < -0.3 is 5.73 Å². The van der Waals surface area contributed by atoms with Crippen LogP contribution in [0.2, 0.25) is 0 Å². The zero-order chi connectivity index (χ0) is 14.0. The standard InChI is InChI=1S/C15H20BrF2N/c1-10-3-2-7-15(19,8-6-10)9-11-13(17)5-4-12(16)14(11)18/h4-5,10H,2-3,6-9,19H2,1H3. The Morgan fingerprint density at radius 2 is 2.05 bits per heavy atom. The molecule has 4 heteroatoms. The van der Waals surface area contributed by atoms with E-state index in [1.54, 1.807) is 0 Å². The van der Waals surface area contributed by atoms with Gasteiger partial charge in [0.25, 0.3) is 0 Å². The summed E-state index contributed by atoms with van der Waals surface area (Å²) in [5, 5.41) is 0. The number of rotatable bonds is 2. The molecule has 19 heavy (non-hydrogen) atoms. The summed E-state index contributed by atoms with van der Waals surface area (Å²) in [7, 11) is 0. The molecule has 1 aliphatic rings. The number of hydrogen-bond donors (Lipinski definition) is 1. The molecule has 1 saturated carbocycles. The van der Waals surface area contributed by atoms with Crippen LogP contribution >= 0.6 is 15.9 Å². The molecule has 1 aromatic rings. The van der Waals surface area contributed by atoms with E-state index < -0.39 is 17.2 Å². The van der Waals surface area contributed by atoms with E-state index in [0.717, 1.165) is 32.1 Å². The molecule has 2 rings (SSSR count). The molecule has 2 atom stereocenters. The second-order valence-electron chi connectivity index (χ2n) is 5.90. The Bertz CT molecular complexity index is 464. The van der Waals surface area contributed by atoms with Gasteiger partial charge in [-0.15, -0.1) is 0 Å². The highest BCUT2D eigenvalue weighted by molar-refractivity contribution is 9.10. The normalized spacial score (nSPS) is 28.2. The minimum absolute atomic E-state index is 0.117. The third kappa shape index (κ3) is 3.54. The first-order valence-corrected chi connectivity index (χ1v) is 7.62. The molecule has 1 fully saturated rings. The number of benzene rings is 1. The van der Waals surface area contributed by atoms with Crippen molar-refractivity contribution in [3.05, 3.63) is 33.8 Å². The topological polar surface area (TPSA) is 26.0 Å². The van der Waals surface area contributed by atoms with E-state index in [2.05, 4.69) is 22.9 Å². The summed E-state index contributed by atoms with van der Waals surface area (Å²) in [5.41, 5.74) is 6.03. The van der Waals surface area contributed by atoms with Crippen molar-refractivity contribution in [3.8, 4) is 0 Å². The molecule has 0 radical (unpaired) electrons. The molecule has 2 unspecified atom stereocenters. The van der Waals surface area contributed by atoms with Crippen molar-refractivity contribution < 1.29 is 8.78 Å². The van der Waals surface area contributed by atoms with Crippen molar-refractivity contribution in [3.63, 3.8) is 0 Å². The fourth-order valence-corrected chi connectivity index (χ4v) is 3.24. The summed E-state index contributed by atoms with van der Waals surface area (Å²) in [4.78, 5) is 0. The maximum atomic E-state index is 14.0. The zero-order valence-corrected chi connectivity index (χ0v) is 12.8. The van der Waals surface area contributed by atoms with E-state index in [4.69, 9.17) is 5.73 Å². The van der Waals surface area contributed by atoms with Gasteiger partial charge in [0.05, 0.1) is 4.47 Å². The molecule has 106 valence electrons. The summed E-state index contributed by atoms with van der Waals surface area (Å²) in [5.74, 6) is -0.354. The van der Waals surface area contributed by atoms with Crippen LogP contribution in [-0.4, -0.2) is 5.54 Å². The van der Waals surface area contributed by atoms with E-state index in [1.807, 2.05) is 0 Å². The molecule has 1 aliphatic carbocycles. The molecule has 1 aromatic carbocycles. The third-order valence-corrected chi connectivity index (χ3v) is 4.79. The Morgan fingerprint density at radius 3 is 2.79 bits per heavy atom. The Morgan fingerprint density at radius 1 is 1.32 bits per heavy atom. The molecule has 0 aliphatic heterocycles. The molecular formula is C15H20BrF2N. The number of halogens is 3. The molecule has 0 aromatic heterocycles. The highest BCUT2D eigenvalue weighted by atomic mass is 79.9. The van der Waals surface area contributed by atoms with Crippen LogP contribution in [0.4, 0.5) is 8.78 Å². The van der Waals surface area contributed by atoms with Gasteiger partial charge in [-0.25, -0.2) is 8.78 Å². The first-order valence-electron chi connectivity index (χ1n) is 6.82. The Hall–Kier alpha value is -0.480. The number of hydrogen-bond acceptors (Lipinski definition) is 1. The minimum Gasteiger partial charge on any atom is -0.325 e. The van der Waals surface area contributed by atoms with Gasteiger partial charge in [-0.2, -0.15) is 0 Å². The maximum absolute atomic E-state index is 14.0. The monoisotopic (exact) mass is 331 g/mol. The van der Waals surface area contributed by atoms with Crippen molar-refractivity contribution in [1.82, 2.24) is 0 Å². The van der Waals surface area contributed by atoms with E-state index >= 15 is 0 Å². The van der Waals surface area contributed by atoms with Crippen LogP contribution in [0.3, 0.4) is 0 Å². The van der Waals surface area contributed by atoms with Gasteiger partial charge in [0.15, 0.2) is 0 Å². The van der Waals surface area contributed by atoms with Gasteiger partial charge in [-0.05, 0) is 59.7 Å². The summed E-state index contributed by atoms with van der Waals surface area (Å²) in [6.45, 7) is 2.21. The van der Waals surface area contributed by atoms with Crippen LogP contribution in [0.5, 0.6) is 0 Å². The Balaban J connectivity index is 2.22. The minimum atomic E-state index is -0.512. The van der Waals surface area contributed by atoms with E-state index in [-0.39, 0.29) is 12.0 Å². The third-order valence-electron chi connectivity index (χ3n) is 4.17. The van der Waals surface area contributed by atoms with Gasteiger partial charge in [0.2, 0.25) is 0 Å². The molecule has 1 nitrogen and oxygen atoms in total. The largest absolute Gasteiger partial charge is 0.325 e. The van der Waals surface area contributed by atoms with E-state index in [9.17, 15) is 8.78 Å². The number of nitrogens with two attached hydrogens (primary N) is 1. The first-order chi connectivity index (χ1) is 8.91. The lowest BCUT2D eigenvalue weighted by atomic mass is 9.84. The molecule has 0 heterocycles. The fourth-order valence-electron chi connectivity index (χ4n) is 2.87. The predicted octanol–water partition coefficient (Wildman–Crippen LogP) is 4.57. The predicted molar refractivity (Wildman–Crippen MR) is 76.9 cm³/mol.